The monoisotopic (exact) mass is 611 g/mol. The van der Waals surface area contributed by atoms with Crippen molar-refractivity contribution in [1.82, 2.24) is 4.90 Å². The Balaban J connectivity index is 1.64. The number of hydrogen-bond acceptors (Lipinski definition) is 12. The number of ketones is 3. The summed E-state index contributed by atoms with van der Waals surface area (Å²) >= 11 is 0. The molecule has 3 aliphatic rings. The Morgan fingerprint density at radius 2 is 1.86 bits per heavy atom. The van der Waals surface area contributed by atoms with Gasteiger partial charge in [0.1, 0.15) is 35.6 Å². The second-order valence-electron chi connectivity index (χ2n) is 11.4. The van der Waals surface area contributed by atoms with Gasteiger partial charge >= 0.3 is 0 Å². The first-order valence-electron chi connectivity index (χ1n) is 14.5. The summed E-state index contributed by atoms with van der Waals surface area (Å²) in [5.41, 5.74) is -3.54. The number of allylic oxidation sites excluding steroid dienone is 1. The van der Waals surface area contributed by atoms with Crippen LogP contribution in [0.25, 0.3) is 0 Å². The number of phenols is 2. The van der Waals surface area contributed by atoms with Crippen LogP contribution in [0.4, 0.5) is 0 Å². The topological polar surface area (TPSA) is 183 Å². The van der Waals surface area contributed by atoms with E-state index in [9.17, 15) is 39.9 Å². The number of likely N-dealkylation sites (N-methyl/N-ethyl adjacent to an activating group) is 1. The van der Waals surface area contributed by atoms with Crippen molar-refractivity contribution in [3.63, 3.8) is 0 Å². The van der Waals surface area contributed by atoms with Crippen LogP contribution in [-0.4, -0.2) is 98.2 Å². The number of aliphatic hydroxyl groups is 3. The van der Waals surface area contributed by atoms with E-state index in [4.69, 9.17) is 14.2 Å². The average molecular weight is 612 g/mol. The molecule has 0 aromatic heterocycles. The minimum atomic E-state index is -2.24. The van der Waals surface area contributed by atoms with E-state index in [0.29, 0.717) is 6.54 Å². The van der Waals surface area contributed by atoms with Gasteiger partial charge in [-0.2, -0.15) is 0 Å². The maximum atomic E-state index is 13.8. The molecule has 0 spiro atoms. The molecule has 2 aromatic carbocycles. The van der Waals surface area contributed by atoms with Crippen LogP contribution in [0.15, 0.2) is 30.5 Å². The molecule has 12 heteroatoms. The molecule has 1 fully saturated rings. The SMILES string of the molecule is C/C=C\N(CC)[C@H]1C[C@H](O[C@H]2C[C@](O)(C(=O)CO)Cc3c(O)c4c(c(O)c32)C(=O)c2c(OC)cccc2C4=O)O[C@@H](C)[C@H]1O. The van der Waals surface area contributed by atoms with Crippen molar-refractivity contribution in [2.75, 3.05) is 20.3 Å². The van der Waals surface area contributed by atoms with Gasteiger partial charge in [-0.1, -0.05) is 18.2 Å². The van der Waals surface area contributed by atoms with Crippen molar-refractivity contribution in [1.29, 1.82) is 0 Å². The number of methoxy groups -OCH3 is 1. The second-order valence-corrected chi connectivity index (χ2v) is 11.4. The Morgan fingerprint density at radius 3 is 2.50 bits per heavy atom. The molecule has 1 aliphatic heterocycles. The van der Waals surface area contributed by atoms with Crippen LogP contribution < -0.4 is 4.74 Å². The number of benzene rings is 2. The van der Waals surface area contributed by atoms with Crippen molar-refractivity contribution in [3.05, 3.63) is 63.9 Å². The molecule has 12 nitrogen and oxygen atoms in total. The second kappa shape index (κ2) is 11.9. The standard InChI is InChI=1S/C32H37NO11/c1-5-10-33(6-2)18-11-22(43-15(3)27(18)36)44-20-13-32(41,21(35)14-34)12-17-24(20)31(40)26-25(29(17)38)28(37)16-8-7-9-19(42-4)23(16)30(26)39/h5,7-10,15,18,20,22,27,34,36,38,40-41H,6,11-14H2,1-4H3/b10-5-/t15-,18-,20-,22-,27+,32-/m0/s1. The normalized spacial score (nSPS) is 27.9. The quantitative estimate of drug-likeness (QED) is 0.234. The Hall–Kier alpha value is -3.81. The van der Waals surface area contributed by atoms with Crippen LogP contribution in [0.5, 0.6) is 17.2 Å². The van der Waals surface area contributed by atoms with Crippen molar-refractivity contribution >= 4 is 17.3 Å². The molecule has 0 radical (unpaired) electrons. The number of phenolic OH excluding ortho intramolecular Hbond substituents is 2. The van der Waals surface area contributed by atoms with Crippen LogP contribution in [-0.2, 0) is 20.7 Å². The number of nitrogens with zero attached hydrogens (tertiary/aromatic N) is 1. The summed E-state index contributed by atoms with van der Waals surface area (Å²) in [6.07, 6.45) is -1.10. The minimum absolute atomic E-state index is 0.0439. The zero-order valence-electron chi connectivity index (χ0n) is 24.9. The highest BCUT2D eigenvalue weighted by Gasteiger charge is 2.50. The van der Waals surface area contributed by atoms with Gasteiger partial charge in [-0.25, -0.2) is 0 Å². The minimum Gasteiger partial charge on any atom is -0.507 e. The number of carbonyl (C=O) groups excluding carboxylic acids is 3. The van der Waals surface area contributed by atoms with E-state index in [2.05, 4.69) is 0 Å². The van der Waals surface area contributed by atoms with E-state index in [1.807, 2.05) is 31.0 Å². The smallest absolute Gasteiger partial charge is 0.202 e. The molecule has 2 aliphatic carbocycles. The number of ether oxygens (including phenoxy) is 3. The molecule has 5 rings (SSSR count). The van der Waals surface area contributed by atoms with E-state index >= 15 is 0 Å². The first-order valence-corrected chi connectivity index (χ1v) is 14.5. The molecule has 2 aromatic rings. The van der Waals surface area contributed by atoms with Gasteiger partial charge in [-0.05, 0) is 33.0 Å². The lowest BCUT2D eigenvalue weighted by atomic mass is 9.72. The molecule has 0 bridgehead atoms. The molecule has 0 saturated carbocycles. The molecule has 1 heterocycles. The zero-order chi connectivity index (χ0) is 32.1. The summed E-state index contributed by atoms with van der Waals surface area (Å²) in [5, 5.41) is 55.2. The third-order valence-corrected chi connectivity index (χ3v) is 8.86. The first-order chi connectivity index (χ1) is 20.9. The molecule has 44 heavy (non-hydrogen) atoms. The first kappa shape index (κ1) is 31.6. The van der Waals surface area contributed by atoms with E-state index in [-0.39, 0.29) is 34.4 Å². The maximum absolute atomic E-state index is 13.8. The van der Waals surface area contributed by atoms with Gasteiger partial charge in [0, 0.05) is 42.5 Å². The summed E-state index contributed by atoms with van der Waals surface area (Å²) in [6, 6.07) is 3.97. The predicted molar refractivity (Wildman–Crippen MR) is 155 cm³/mol. The maximum Gasteiger partial charge on any atom is 0.202 e. The number of hydrogen-bond donors (Lipinski definition) is 5. The van der Waals surface area contributed by atoms with Crippen LogP contribution in [0.3, 0.4) is 0 Å². The molecule has 5 N–H and O–H groups in total. The summed E-state index contributed by atoms with van der Waals surface area (Å²) in [7, 11) is 1.33. The van der Waals surface area contributed by atoms with E-state index in [1.54, 1.807) is 6.92 Å². The van der Waals surface area contributed by atoms with Crippen molar-refractivity contribution in [2.45, 2.75) is 76.3 Å². The van der Waals surface area contributed by atoms with Crippen molar-refractivity contribution in [3.8, 4) is 17.2 Å². The van der Waals surface area contributed by atoms with Gasteiger partial charge in [-0.15, -0.1) is 0 Å². The highest BCUT2D eigenvalue weighted by atomic mass is 16.7. The van der Waals surface area contributed by atoms with Crippen molar-refractivity contribution in [2.24, 2.45) is 0 Å². The summed E-state index contributed by atoms with van der Waals surface area (Å²) < 4.78 is 17.6. The van der Waals surface area contributed by atoms with Gasteiger partial charge in [0.15, 0.2) is 17.9 Å². The number of aromatic hydroxyl groups is 2. The Kier molecular flexibility index (Phi) is 8.58. The number of Topliss-reactive ketones (excluding diaryl/α,β-unsaturated/α-hetero) is 1. The fourth-order valence-corrected chi connectivity index (χ4v) is 6.66. The van der Waals surface area contributed by atoms with Gasteiger partial charge in [-0.3, -0.25) is 14.4 Å². The average Bonchev–Trinajstić information content (AvgIpc) is 3.01. The lowest BCUT2D eigenvalue weighted by molar-refractivity contribution is -0.256. The highest BCUT2D eigenvalue weighted by Crippen LogP contribution is 2.52. The summed E-state index contributed by atoms with van der Waals surface area (Å²) in [6.45, 7) is 5.01. The van der Waals surface area contributed by atoms with Crippen LogP contribution in [0, 0.1) is 0 Å². The fraction of sp³-hybridized carbons (Fsp3) is 0.469. The molecular weight excluding hydrogens is 574 g/mol. The lowest BCUT2D eigenvalue weighted by Crippen LogP contribution is -2.54. The number of carbonyl (C=O) groups is 3. The molecule has 1 saturated heterocycles. The Labute approximate surface area is 254 Å². The number of fused-ring (bicyclic) bond motifs is 3. The van der Waals surface area contributed by atoms with E-state index in [0.717, 1.165) is 0 Å². The molecule has 6 atom stereocenters. The zero-order valence-corrected chi connectivity index (χ0v) is 24.9. The number of rotatable bonds is 8. The van der Waals surface area contributed by atoms with Crippen LogP contribution in [0.1, 0.15) is 82.7 Å². The van der Waals surface area contributed by atoms with Crippen molar-refractivity contribution < 1.29 is 54.1 Å². The summed E-state index contributed by atoms with van der Waals surface area (Å²) in [4.78, 5) is 42.2. The summed E-state index contributed by atoms with van der Waals surface area (Å²) in [5.74, 6) is -3.69. The van der Waals surface area contributed by atoms with Gasteiger partial charge in [0.25, 0.3) is 0 Å². The molecule has 0 unspecified atom stereocenters. The predicted octanol–water partition coefficient (Wildman–Crippen LogP) is 1.90. The third kappa shape index (κ3) is 4.96. The molecular formula is C32H37NO11. The fourth-order valence-electron chi connectivity index (χ4n) is 6.66. The number of aliphatic hydroxyl groups excluding tert-OH is 2. The third-order valence-electron chi connectivity index (χ3n) is 8.86. The van der Waals surface area contributed by atoms with Crippen LogP contribution in [0.2, 0.25) is 0 Å². The Bertz CT molecular complexity index is 1530. The van der Waals surface area contributed by atoms with Gasteiger partial charge < -0.3 is 44.6 Å². The van der Waals surface area contributed by atoms with E-state index in [1.165, 1.54) is 25.3 Å². The van der Waals surface area contributed by atoms with Gasteiger partial charge in [0.2, 0.25) is 5.78 Å². The Morgan fingerprint density at radius 1 is 1.16 bits per heavy atom. The van der Waals surface area contributed by atoms with Gasteiger partial charge in [0.05, 0.1) is 42.0 Å². The van der Waals surface area contributed by atoms with E-state index < -0.39 is 95.7 Å². The molecule has 0 amide bonds. The lowest BCUT2D eigenvalue weighted by Gasteiger charge is -2.45. The largest absolute Gasteiger partial charge is 0.507 e. The van der Waals surface area contributed by atoms with Crippen LogP contribution >= 0.6 is 0 Å². The highest BCUT2D eigenvalue weighted by molar-refractivity contribution is 6.31. The molecule has 236 valence electrons.